The average Bonchev–Trinajstić information content (AvgIpc) is 3.57. The maximum Gasteiger partial charge on any atom is 0.490 e. The minimum absolute atomic E-state index is 0.0680. The number of alkyl halides is 3. The van der Waals surface area contributed by atoms with Gasteiger partial charge in [-0.25, -0.2) is 4.79 Å². The molecule has 0 radical (unpaired) electrons. The van der Waals surface area contributed by atoms with Gasteiger partial charge in [0.25, 0.3) is 0 Å². The molecule has 220 valence electrons. The molecule has 41 heavy (non-hydrogen) atoms. The Morgan fingerprint density at radius 2 is 1.78 bits per heavy atom. The summed E-state index contributed by atoms with van der Waals surface area (Å²) in [6.45, 7) is 1.61. The molecule has 2 aromatic carbocycles. The summed E-state index contributed by atoms with van der Waals surface area (Å²) in [4.78, 5) is 25.9. The third-order valence-electron chi connectivity index (χ3n) is 6.93. The molecule has 0 bridgehead atoms. The quantitative estimate of drug-likeness (QED) is 0.313. The molecule has 5 rings (SSSR count). The van der Waals surface area contributed by atoms with Crippen LogP contribution in [0, 0.1) is 5.92 Å². The number of phenolic OH excluding ortho intramolecular Hbond substituents is 1. The van der Waals surface area contributed by atoms with Crippen molar-refractivity contribution in [2.75, 3.05) is 27.2 Å². The zero-order valence-electron chi connectivity index (χ0n) is 22.8. The molecule has 9 nitrogen and oxygen atoms in total. The fourth-order valence-electron chi connectivity index (χ4n) is 4.46. The van der Waals surface area contributed by atoms with E-state index >= 15 is 0 Å². The number of carbonyl (C=O) groups is 2. The topological polar surface area (TPSA) is 119 Å². The minimum atomic E-state index is -5.08. The molecule has 0 unspecified atom stereocenters. The summed E-state index contributed by atoms with van der Waals surface area (Å²) in [5, 5.41) is 24.9. The first-order valence-electron chi connectivity index (χ1n) is 13.3. The van der Waals surface area contributed by atoms with Gasteiger partial charge in [0.2, 0.25) is 5.91 Å². The van der Waals surface area contributed by atoms with E-state index in [2.05, 4.69) is 15.1 Å². The predicted molar refractivity (Wildman–Crippen MR) is 146 cm³/mol. The van der Waals surface area contributed by atoms with E-state index < -0.39 is 12.1 Å². The molecular formula is C29H33F3N4O5. The molecule has 0 atom stereocenters. The van der Waals surface area contributed by atoms with Gasteiger partial charge in [-0.3, -0.25) is 9.89 Å². The number of amides is 1. The number of hydrogen-bond donors (Lipinski definition) is 3. The molecule has 12 heteroatoms. The third kappa shape index (κ3) is 8.23. The van der Waals surface area contributed by atoms with Crippen molar-refractivity contribution in [2.45, 2.75) is 44.0 Å². The van der Waals surface area contributed by atoms with Crippen LogP contribution in [0.25, 0.3) is 22.0 Å². The highest BCUT2D eigenvalue weighted by atomic mass is 19.4. The number of likely N-dealkylation sites (N-methyl/N-ethyl adjacent to an activating group) is 1. The Bertz CT molecular complexity index is 1380. The second-order valence-electron chi connectivity index (χ2n) is 10.6. The molecule has 3 aromatic rings. The van der Waals surface area contributed by atoms with Crippen molar-refractivity contribution in [3.63, 3.8) is 0 Å². The van der Waals surface area contributed by atoms with Gasteiger partial charge in [-0.15, -0.1) is 0 Å². The molecule has 2 aliphatic carbocycles. The maximum atomic E-state index is 12.9. The van der Waals surface area contributed by atoms with Crippen molar-refractivity contribution in [3.05, 3.63) is 54.7 Å². The van der Waals surface area contributed by atoms with Gasteiger partial charge < -0.3 is 24.7 Å². The number of benzene rings is 2. The highest BCUT2D eigenvalue weighted by molar-refractivity contribution is 5.90. The van der Waals surface area contributed by atoms with Crippen LogP contribution in [-0.2, 0) is 9.59 Å². The average molecular weight is 575 g/mol. The number of rotatable bonds is 9. The Kier molecular flexibility index (Phi) is 9.21. The van der Waals surface area contributed by atoms with Crippen LogP contribution in [-0.4, -0.2) is 87.6 Å². The van der Waals surface area contributed by atoms with Gasteiger partial charge in [-0.2, -0.15) is 18.3 Å². The zero-order valence-corrected chi connectivity index (χ0v) is 22.8. The van der Waals surface area contributed by atoms with Crippen molar-refractivity contribution in [2.24, 2.45) is 5.92 Å². The number of aromatic nitrogens is 2. The number of hydrogen-bond acceptors (Lipinski definition) is 6. The number of fused-ring (bicyclic) bond motifs is 1. The number of carboxylic acid groups (broad SMARTS) is 1. The van der Waals surface area contributed by atoms with E-state index in [1.54, 1.807) is 24.4 Å². The maximum absolute atomic E-state index is 12.9. The van der Waals surface area contributed by atoms with Crippen molar-refractivity contribution in [1.82, 2.24) is 20.0 Å². The predicted octanol–water partition coefficient (Wildman–Crippen LogP) is 4.84. The summed E-state index contributed by atoms with van der Waals surface area (Å²) in [6.07, 6.45) is 4.57. The first kappa shape index (κ1) is 29.9. The number of ether oxygens (including phenoxy) is 1. The Balaban J connectivity index is 0.000000493. The summed E-state index contributed by atoms with van der Waals surface area (Å²) in [5.41, 5.74) is 2.91. The van der Waals surface area contributed by atoms with Crippen molar-refractivity contribution >= 4 is 22.8 Å². The molecule has 0 aliphatic heterocycles. The Morgan fingerprint density at radius 3 is 2.37 bits per heavy atom. The van der Waals surface area contributed by atoms with Crippen molar-refractivity contribution in [3.8, 4) is 22.6 Å². The van der Waals surface area contributed by atoms with Gasteiger partial charge in [0.15, 0.2) is 0 Å². The molecule has 1 amide bonds. The monoisotopic (exact) mass is 574 g/mol. The van der Waals surface area contributed by atoms with Crippen molar-refractivity contribution in [1.29, 1.82) is 0 Å². The summed E-state index contributed by atoms with van der Waals surface area (Å²) in [7, 11) is 4.00. The molecule has 2 aliphatic rings. The standard InChI is InChI=1S/C27H32N4O3.C2HF3O2/c1-30(2)11-3-4-27(33)31(17-18-5-6-18)21-14-23(15-21)34-26-13-20(12-25-24(26)16-28-29-25)19-7-9-22(32)10-8-19;3-2(4,5)1(6)7/h3-4,7-10,12-13,16,18,21,23,32H,5-6,11,14-15,17H2,1-2H3,(H,28,29);(H,6,7)/b4-3+;. The van der Waals surface area contributed by atoms with Crippen molar-refractivity contribution < 1.29 is 37.7 Å². The lowest BCUT2D eigenvalue weighted by molar-refractivity contribution is -0.192. The fourth-order valence-corrected chi connectivity index (χ4v) is 4.46. The molecule has 3 N–H and O–H groups in total. The van der Waals surface area contributed by atoms with Gasteiger partial charge >= 0.3 is 12.1 Å². The normalized spacial score (nSPS) is 18.6. The number of aliphatic carboxylic acids is 1. The van der Waals surface area contributed by atoms with Crippen LogP contribution in [0.15, 0.2) is 54.7 Å². The highest BCUT2D eigenvalue weighted by Crippen LogP contribution is 2.38. The van der Waals surface area contributed by atoms with E-state index in [-0.39, 0.29) is 23.8 Å². The Hall–Kier alpha value is -4.06. The second kappa shape index (κ2) is 12.6. The van der Waals surface area contributed by atoms with Crippen LogP contribution in [0.5, 0.6) is 11.5 Å². The third-order valence-corrected chi connectivity index (χ3v) is 6.93. The minimum Gasteiger partial charge on any atom is -0.508 e. The number of aromatic hydroxyl groups is 1. The van der Waals surface area contributed by atoms with Gasteiger partial charge in [0.1, 0.15) is 17.6 Å². The van der Waals surface area contributed by atoms with Crippen LogP contribution in [0.3, 0.4) is 0 Å². The lowest BCUT2D eigenvalue weighted by Crippen LogP contribution is -2.52. The number of H-pyrrole nitrogens is 1. The smallest absolute Gasteiger partial charge is 0.490 e. The first-order valence-corrected chi connectivity index (χ1v) is 13.3. The molecule has 2 fully saturated rings. The van der Waals surface area contributed by atoms with Crippen LogP contribution >= 0.6 is 0 Å². The van der Waals surface area contributed by atoms with Crippen LogP contribution in [0.2, 0.25) is 0 Å². The number of halogens is 3. The van der Waals surface area contributed by atoms with E-state index in [0.717, 1.165) is 53.7 Å². The Labute approximate surface area is 235 Å². The van der Waals surface area contributed by atoms with E-state index in [1.807, 2.05) is 49.3 Å². The van der Waals surface area contributed by atoms with Gasteiger partial charge in [0, 0.05) is 38.0 Å². The number of phenols is 1. The number of nitrogens with one attached hydrogen (secondary N) is 1. The van der Waals surface area contributed by atoms with Crippen LogP contribution < -0.4 is 4.74 Å². The van der Waals surface area contributed by atoms with E-state index in [1.165, 1.54) is 12.8 Å². The summed E-state index contributed by atoms with van der Waals surface area (Å²) in [5.74, 6) is -0.955. The summed E-state index contributed by atoms with van der Waals surface area (Å²) < 4.78 is 38.2. The number of aromatic amines is 1. The zero-order chi connectivity index (χ0) is 29.7. The van der Waals surface area contributed by atoms with Crippen LogP contribution in [0.4, 0.5) is 13.2 Å². The highest BCUT2D eigenvalue weighted by Gasteiger charge is 2.40. The molecule has 0 saturated heterocycles. The van der Waals surface area contributed by atoms with Gasteiger partial charge in [-0.1, -0.05) is 18.2 Å². The first-order chi connectivity index (χ1) is 19.4. The lowest BCUT2D eigenvalue weighted by atomic mass is 9.87. The second-order valence-corrected chi connectivity index (χ2v) is 10.6. The van der Waals surface area contributed by atoms with E-state index in [4.69, 9.17) is 14.6 Å². The fraction of sp³-hybridized carbons (Fsp3) is 0.414. The van der Waals surface area contributed by atoms with E-state index in [0.29, 0.717) is 5.92 Å². The Morgan fingerprint density at radius 1 is 1.12 bits per heavy atom. The number of carboxylic acids is 1. The van der Waals surface area contributed by atoms with Gasteiger partial charge in [0.05, 0.1) is 17.1 Å². The lowest BCUT2D eigenvalue weighted by Gasteiger charge is -2.42. The number of carbonyl (C=O) groups excluding carboxylic acids is 1. The van der Waals surface area contributed by atoms with Crippen LogP contribution in [0.1, 0.15) is 25.7 Å². The molecule has 1 aromatic heterocycles. The molecule has 2 saturated carbocycles. The molecule has 1 heterocycles. The number of nitrogens with zero attached hydrogens (tertiary/aromatic N) is 3. The van der Waals surface area contributed by atoms with Gasteiger partial charge in [-0.05, 0) is 68.2 Å². The molecular weight excluding hydrogens is 541 g/mol. The van der Waals surface area contributed by atoms with E-state index in [9.17, 15) is 23.1 Å². The molecule has 0 spiro atoms. The summed E-state index contributed by atoms with van der Waals surface area (Å²) in [6, 6.07) is 11.4. The SMILES string of the molecule is CN(C)C/C=C/C(=O)N(CC1CC1)C1CC(Oc2cc(-c3ccc(O)cc3)cc3[nH]ncc23)C1.O=C(O)C(F)(F)F. The summed E-state index contributed by atoms with van der Waals surface area (Å²) >= 11 is 0. The largest absolute Gasteiger partial charge is 0.508 e.